The monoisotopic (exact) mass is 293 g/mol. The van der Waals surface area contributed by atoms with E-state index in [0.29, 0.717) is 12.3 Å². The summed E-state index contributed by atoms with van der Waals surface area (Å²) in [6.07, 6.45) is 3.03. The molecule has 0 aromatic carbocycles. The number of piperazine rings is 1. The van der Waals surface area contributed by atoms with Gasteiger partial charge in [0.1, 0.15) is 12.1 Å². The van der Waals surface area contributed by atoms with Crippen LogP contribution in [0.5, 0.6) is 0 Å². The number of piperidine rings is 3. The molecule has 4 aliphatic rings. The van der Waals surface area contributed by atoms with Gasteiger partial charge in [0.05, 0.1) is 0 Å². The fourth-order valence-corrected chi connectivity index (χ4v) is 4.23. The van der Waals surface area contributed by atoms with Gasteiger partial charge in [0.2, 0.25) is 11.8 Å². The topological polar surface area (TPSA) is 52.7 Å². The van der Waals surface area contributed by atoms with Crippen molar-refractivity contribution < 1.29 is 9.59 Å². The number of rotatable bonds is 3. The van der Waals surface area contributed by atoms with E-state index in [0.717, 1.165) is 19.6 Å². The maximum atomic E-state index is 13.0. The number of fused-ring (bicyclic) bond motifs is 3. The van der Waals surface area contributed by atoms with Crippen molar-refractivity contribution in [1.82, 2.24) is 15.1 Å². The summed E-state index contributed by atoms with van der Waals surface area (Å²) in [5, 5.41) is 2.94. The Morgan fingerprint density at radius 1 is 1.24 bits per heavy atom. The van der Waals surface area contributed by atoms with Crippen molar-refractivity contribution >= 4 is 11.8 Å². The van der Waals surface area contributed by atoms with Crippen LogP contribution in [0.3, 0.4) is 0 Å². The van der Waals surface area contributed by atoms with Crippen LogP contribution in [0.15, 0.2) is 0 Å². The summed E-state index contributed by atoms with van der Waals surface area (Å²) in [5.41, 5.74) is 0. The zero-order valence-electron chi connectivity index (χ0n) is 13.3. The smallest absolute Gasteiger partial charge is 0.246 e. The summed E-state index contributed by atoms with van der Waals surface area (Å²) in [4.78, 5) is 29.8. The molecule has 0 spiro atoms. The van der Waals surface area contributed by atoms with Crippen LogP contribution in [-0.2, 0) is 9.59 Å². The van der Waals surface area contributed by atoms with Crippen LogP contribution in [0.2, 0.25) is 0 Å². The van der Waals surface area contributed by atoms with E-state index in [1.54, 1.807) is 0 Å². The Bertz CT molecular complexity index is 429. The number of nitrogens with one attached hydrogen (secondary N) is 1. The van der Waals surface area contributed by atoms with Gasteiger partial charge in [-0.15, -0.1) is 0 Å². The Morgan fingerprint density at radius 3 is 2.38 bits per heavy atom. The Hall–Kier alpha value is -1.10. The van der Waals surface area contributed by atoms with Crippen molar-refractivity contribution in [2.75, 3.05) is 19.6 Å². The van der Waals surface area contributed by atoms with Crippen molar-refractivity contribution in [1.29, 1.82) is 0 Å². The molecule has 4 saturated heterocycles. The molecule has 0 aromatic heterocycles. The third kappa shape index (κ3) is 2.45. The number of amides is 2. The van der Waals surface area contributed by atoms with Crippen LogP contribution < -0.4 is 5.32 Å². The fraction of sp³-hybridized carbons (Fsp3) is 0.875. The number of nitrogens with zero attached hydrogens (tertiary/aromatic N) is 2. The number of carbonyl (C=O) groups is 2. The van der Waals surface area contributed by atoms with Gasteiger partial charge in [-0.1, -0.05) is 20.8 Å². The molecule has 0 radical (unpaired) electrons. The first-order valence-electron chi connectivity index (χ1n) is 8.37. The van der Waals surface area contributed by atoms with Crippen molar-refractivity contribution in [3.05, 3.63) is 0 Å². The van der Waals surface area contributed by atoms with Crippen molar-refractivity contribution in [2.24, 2.45) is 11.8 Å². The molecular weight excluding hydrogens is 266 g/mol. The maximum Gasteiger partial charge on any atom is 0.246 e. The lowest BCUT2D eigenvalue weighted by Crippen LogP contribution is -2.70. The molecule has 4 rings (SSSR count). The van der Waals surface area contributed by atoms with Crippen LogP contribution in [0.25, 0.3) is 0 Å². The Balaban J connectivity index is 1.88. The summed E-state index contributed by atoms with van der Waals surface area (Å²) >= 11 is 0. The van der Waals surface area contributed by atoms with Gasteiger partial charge in [-0.2, -0.15) is 0 Å². The van der Waals surface area contributed by atoms with Crippen molar-refractivity contribution in [2.45, 2.75) is 58.2 Å². The average molecular weight is 293 g/mol. The van der Waals surface area contributed by atoms with E-state index in [1.807, 2.05) is 25.7 Å². The quantitative estimate of drug-likeness (QED) is 0.839. The van der Waals surface area contributed by atoms with Gasteiger partial charge in [0.15, 0.2) is 0 Å². The molecule has 3 atom stereocenters. The Kier molecular flexibility index (Phi) is 3.95. The predicted molar refractivity (Wildman–Crippen MR) is 80.6 cm³/mol. The van der Waals surface area contributed by atoms with Crippen LogP contribution in [0.4, 0.5) is 0 Å². The molecule has 21 heavy (non-hydrogen) atoms. The fourth-order valence-electron chi connectivity index (χ4n) is 4.23. The summed E-state index contributed by atoms with van der Waals surface area (Å²) in [6, 6.07) is -0.397. The van der Waals surface area contributed by atoms with Crippen LogP contribution in [-0.4, -0.2) is 59.4 Å². The van der Waals surface area contributed by atoms with Gasteiger partial charge in [-0.3, -0.25) is 9.59 Å². The van der Waals surface area contributed by atoms with Gasteiger partial charge in [-0.05, 0) is 44.2 Å². The van der Waals surface area contributed by atoms with Crippen LogP contribution in [0.1, 0.15) is 40.0 Å². The van der Waals surface area contributed by atoms with E-state index >= 15 is 0 Å². The van der Waals surface area contributed by atoms with Gasteiger partial charge >= 0.3 is 0 Å². The molecule has 4 aliphatic heterocycles. The zero-order chi connectivity index (χ0) is 15.1. The molecule has 3 unspecified atom stereocenters. The van der Waals surface area contributed by atoms with Crippen molar-refractivity contribution in [3.63, 3.8) is 0 Å². The maximum absolute atomic E-state index is 13.0. The van der Waals surface area contributed by atoms with E-state index < -0.39 is 0 Å². The van der Waals surface area contributed by atoms with Gasteiger partial charge < -0.3 is 15.1 Å². The SMILES string of the molecule is CCC1C(=O)NC(C(C)C)C(=O)N1C1CN2CCC1CC2. The number of hydrogen-bond donors (Lipinski definition) is 1. The lowest BCUT2D eigenvalue weighted by atomic mass is 9.81. The van der Waals surface area contributed by atoms with Crippen molar-refractivity contribution in [3.8, 4) is 0 Å². The third-order valence-electron chi connectivity index (χ3n) is 5.49. The summed E-state index contributed by atoms with van der Waals surface area (Å²) in [6.45, 7) is 9.26. The standard InChI is InChI=1S/C16H27N3O2/c1-4-12-15(20)17-14(10(2)3)16(21)19(12)13-9-18-7-5-11(13)6-8-18/h10-14H,4-9H2,1-3H3,(H,17,20). The van der Waals surface area contributed by atoms with E-state index in [4.69, 9.17) is 0 Å². The van der Waals surface area contributed by atoms with Crippen LogP contribution >= 0.6 is 0 Å². The molecule has 0 aromatic rings. The predicted octanol–water partition coefficient (Wildman–Crippen LogP) is 0.842. The summed E-state index contributed by atoms with van der Waals surface area (Å²) in [7, 11) is 0. The minimum Gasteiger partial charge on any atom is -0.342 e. The summed E-state index contributed by atoms with van der Waals surface area (Å²) < 4.78 is 0. The van der Waals surface area contributed by atoms with Gasteiger partial charge in [0.25, 0.3) is 0 Å². The molecular formula is C16H27N3O2. The number of carbonyl (C=O) groups excluding carboxylic acids is 2. The molecule has 0 saturated carbocycles. The van der Waals surface area contributed by atoms with Crippen LogP contribution in [0, 0.1) is 11.8 Å². The first kappa shape index (κ1) is 14.8. The van der Waals surface area contributed by atoms with E-state index in [1.165, 1.54) is 12.8 Å². The Morgan fingerprint density at radius 2 is 1.90 bits per heavy atom. The van der Waals surface area contributed by atoms with Gasteiger partial charge in [0, 0.05) is 12.6 Å². The Labute approximate surface area is 127 Å². The summed E-state index contributed by atoms with van der Waals surface area (Å²) in [5.74, 6) is 0.886. The minimum absolute atomic E-state index is 0.0345. The highest BCUT2D eigenvalue weighted by molar-refractivity contribution is 5.97. The molecule has 118 valence electrons. The largest absolute Gasteiger partial charge is 0.342 e. The second-order valence-electron chi connectivity index (χ2n) is 7.11. The number of hydrogen-bond acceptors (Lipinski definition) is 3. The average Bonchev–Trinajstić information content (AvgIpc) is 2.49. The molecule has 0 aliphatic carbocycles. The van der Waals surface area contributed by atoms with Gasteiger partial charge in [-0.25, -0.2) is 0 Å². The molecule has 2 bridgehead atoms. The second kappa shape index (κ2) is 5.59. The highest BCUT2D eigenvalue weighted by Gasteiger charge is 2.48. The van der Waals surface area contributed by atoms with E-state index in [9.17, 15) is 9.59 Å². The molecule has 4 fully saturated rings. The minimum atomic E-state index is -0.351. The first-order chi connectivity index (χ1) is 10.0. The molecule has 5 heteroatoms. The van der Waals surface area contributed by atoms with E-state index in [-0.39, 0.29) is 35.9 Å². The zero-order valence-corrected chi connectivity index (χ0v) is 13.3. The lowest BCUT2D eigenvalue weighted by molar-refractivity contribution is -0.158. The highest BCUT2D eigenvalue weighted by Crippen LogP contribution is 2.34. The third-order valence-corrected chi connectivity index (χ3v) is 5.49. The molecule has 5 nitrogen and oxygen atoms in total. The molecule has 4 heterocycles. The normalized spacial score (nSPS) is 39.8. The first-order valence-corrected chi connectivity index (χ1v) is 8.37. The lowest BCUT2D eigenvalue weighted by Gasteiger charge is -2.53. The van der Waals surface area contributed by atoms with E-state index in [2.05, 4.69) is 10.2 Å². The second-order valence-corrected chi connectivity index (χ2v) is 7.11. The molecule has 2 amide bonds. The molecule has 1 N–H and O–H groups in total. The highest BCUT2D eigenvalue weighted by atomic mass is 16.2.